The highest BCUT2D eigenvalue weighted by Gasteiger charge is 2.27. The Bertz CT molecular complexity index is 1090. The molecule has 0 bridgehead atoms. The molecular weight excluding hydrogens is 352 g/mol. The van der Waals surface area contributed by atoms with Gasteiger partial charge in [0.2, 0.25) is 0 Å². The molecule has 26 heavy (non-hydrogen) atoms. The Labute approximate surface area is 151 Å². The standard InChI is InChI=1S/C19H18N2O4S/c1-3-20(18-9-6-10-19(14(18)2)21(22)23)26(24,25)17-12-11-15-7-4-5-8-16(15)13-17/h4-13H,3H2,1-2H3. The van der Waals surface area contributed by atoms with Gasteiger partial charge in [0.25, 0.3) is 15.7 Å². The first-order valence-electron chi connectivity index (χ1n) is 8.12. The van der Waals surface area contributed by atoms with Gasteiger partial charge >= 0.3 is 0 Å². The first-order valence-corrected chi connectivity index (χ1v) is 9.56. The molecule has 0 atom stereocenters. The Kier molecular flexibility index (Phi) is 4.65. The Balaban J connectivity index is 2.14. The van der Waals surface area contributed by atoms with Crippen molar-refractivity contribution in [1.82, 2.24) is 0 Å². The first-order chi connectivity index (χ1) is 12.4. The van der Waals surface area contributed by atoms with E-state index in [0.717, 1.165) is 10.8 Å². The van der Waals surface area contributed by atoms with Crippen LogP contribution in [0.15, 0.2) is 65.6 Å². The molecule has 0 aliphatic heterocycles. The van der Waals surface area contributed by atoms with E-state index < -0.39 is 14.9 Å². The van der Waals surface area contributed by atoms with Crippen molar-refractivity contribution in [2.75, 3.05) is 10.8 Å². The van der Waals surface area contributed by atoms with Gasteiger partial charge in [0.1, 0.15) is 0 Å². The summed E-state index contributed by atoms with van der Waals surface area (Å²) in [6.07, 6.45) is 0. The number of hydrogen-bond acceptors (Lipinski definition) is 4. The summed E-state index contributed by atoms with van der Waals surface area (Å²) in [5.74, 6) is 0. The average Bonchev–Trinajstić information content (AvgIpc) is 2.63. The fourth-order valence-corrected chi connectivity index (χ4v) is 4.57. The SMILES string of the molecule is CCN(c1cccc([N+](=O)[O-])c1C)S(=O)(=O)c1ccc2ccccc2c1. The molecule has 134 valence electrons. The molecule has 3 aromatic rings. The summed E-state index contributed by atoms with van der Waals surface area (Å²) in [6, 6.07) is 16.9. The third-order valence-electron chi connectivity index (χ3n) is 4.34. The number of benzene rings is 3. The normalized spacial score (nSPS) is 11.5. The van der Waals surface area contributed by atoms with Crippen molar-refractivity contribution in [3.05, 3.63) is 76.3 Å². The van der Waals surface area contributed by atoms with Crippen LogP contribution in [0.3, 0.4) is 0 Å². The molecule has 0 aromatic heterocycles. The number of anilines is 1. The molecular formula is C19H18N2O4S. The molecule has 0 heterocycles. The fraction of sp³-hybridized carbons (Fsp3) is 0.158. The summed E-state index contributed by atoms with van der Waals surface area (Å²) in [5.41, 5.74) is 0.535. The van der Waals surface area contributed by atoms with Gasteiger partial charge < -0.3 is 0 Å². The number of nitro groups is 1. The van der Waals surface area contributed by atoms with Crippen LogP contribution in [0.25, 0.3) is 10.8 Å². The van der Waals surface area contributed by atoms with Gasteiger partial charge in [-0.25, -0.2) is 8.42 Å². The predicted molar refractivity (Wildman–Crippen MR) is 102 cm³/mol. The van der Waals surface area contributed by atoms with Crippen LogP contribution in [-0.4, -0.2) is 19.9 Å². The van der Waals surface area contributed by atoms with Crippen molar-refractivity contribution in [1.29, 1.82) is 0 Å². The van der Waals surface area contributed by atoms with Gasteiger partial charge in [-0.15, -0.1) is 0 Å². The minimum absolute atomic E-state index is 0.102. The molecule has 0 spiro atoms. The highest BCUT2D eigenvalue weighted by atomic mass is 32.2. The Hall–Kier alpha value is -2.93. The molecule has 0 aliphatic carbocycles. The summed E-state index contributed by atoms with van der Waals surface area (Å²) in [4.78, 5) is 10.8. The maximum absolute atomic E-state index is 13.2. The van der Waals surface area contributed by atoms with Gasteiger partial charge in [0.05, 0.1) is 21.1 Å². The summed E-state index contributed by atoms with van der Waals surface area (Å²) in [6.45, 7) is 3.43. The van der Waals surface area contributed by atoms with E-state index in [9.17, 15) is 18.5 Å². The van der Waals surface area contributed by atoms with Crippen LogP contribution in [0, 0.1) is 17.0 Å². The van der Waals surface area contributed by atoms with Gasteiger partial charge in [0.15, 0.2) is 0 Å². The van der Waals surface area contributed by atoms with Crippen LogP contribution in [0.4, 0.5) is 11.4 Å². The molecule has 3 aromatic carbocycles. The quantitative estimate of drug-likeness (QED) is 0.496. The third-order valence-corrected chi connectivity index (χ3v) is 6.22. The molecule has 0 saturated carbocycles. The first kappa shape index (κ1) is 17.9. The van der Waals surface area contributed by atoms with Crippen LogP contribution < -0.4 is 4.31 Å². The highest BCUT2D eigenvalue weighted by Crippen LogP contribution is 2.32. The molecule has 0 saturated heterocycles. The lowest BCUT2D eigenvalue weighted by atomic mass is 10.1. The molecule has 7 heteroatoms. The average molecular weight is 370 g/mol. The molecule has 0 amide bonds. The maximum Gasteiger partial charge on any atom is 0.274 e. The second-order valence-electron chi connectivity index (χ2n) is 5.86. The number of fused-ring (bicyclic) bond motifs is 1. The van der Waals surface area contributed by atoms with E-state index in [1.54, 1.807) is 38.1 Å². The van der Waals surface area contributed by atoms with Crippen LogP contribution >= 0.6 is 0 Å². The van der Waals surface area contributed by atoms with Crippen molar-refractivity contribution < 1.29 is 13.3 Å². The largest absolute Gasteiger partial charge is 0.274 e. The fourth-order valence-electron chi connectivity index (χ4n) is 3.00. The molecule has 0 radical (unpaired) electrons. The van der Waals surface area contributed by atoms with Gasteiger partial charge in [-0.05, 0) is 42.8 Å². The smallest absolute Gasteiger partial charge is 0.266 e. The Morgan fingerprint density at radius 3 is 2.35 bits per heavy atom. The number of rotatable bonds is 5. The van der Waals surface area contributed by atoms with Crippen LogP contribution in [0.1, 0.15) is 12.5 Å². The number of sulfonamides is 1. The van der Waals surface area contributed by atoms with Crippen LogP contribution in [0.2, 0.25) is 0 Å². The van der Waals surface area contributed by atoms with Gasteiger partial charge in [-0.1, -0.05) is 36.4 Å². The lowest BCUT2D eigenvalue weighted by Crippen LogP contribution is -2.31. The van der Waals surface area contributed by atoms with Crippen LogP contribution in [-0.2, 0) is 10.0 Å². The van der Waals surface area contributed by atoms with E-state index in [1.165, 1.54) is 16.4 Å². The van der Waals surface area contributed by atoms with Crippen molar-refractivity contribution in [3.8, 4) is 0 Å². The maximum atomic E-state index is 13.2. The molecule has 0 fully saturated rings. The Morgan fingerprint density at radius 1 is 1.00 bits per heavy atom. The minimum Gasteiger partial charge on any atom is -0.266 e. The lowest BCUT2D eigenvalue weighted by molar-refractivity contribution is -0.385. The van der Waals surface area contributed by atoms with E-state index in [1.807, 2.05) is 24.3 Å². The summed E-state index contributed by atoms with van der Waals surface area (Å²) in [5, 5.41) is 13.0. The van der Waals surface area contributed by atoms with Crippen molar-refractivity contribution in [2.45, 2.75) is 18.7 Å². The summed E-state index contributed by atoms with van der Waals surface area (Å²) >= 11 is 0. The molecule has 0 aliphatic rings. The number of hydrogen-bond donors (Lipinski definition) is 0. The zero-order valence-electron chi connectivity index (χ0n) is 14.4. The van der Waals surface area contributed by atoms with Crippen molar-refractivity contribution >= 4 is 32.2 Å². The summed E-state index contributed by atoms with van der Waals surface area (Å²) in [7, 11) is -3.85. The molecule has 0 unspecified atom stereocenters. The van der Waals surface area contributed by atoms with Gasteiger partial charge in [-0.2, -0.15) is 0 Å². The molecule has 3 rings (SSSR count). The van der Waals surface area contributed by atoms with E-state index in [4.69, 9.17) is 0 Å². The van der Waals surface area contributed by atoms with Gasteiger partial charge in [0, 0.05) is 12.6 Å². The number of nitrogens with zero attached hydrogens (tertiary/aromatic N) is 2. The molecule has 6 nitrogen and oxygen atoms in total. The topological polar surface area (TPSA) is 80.5 Å². The zero-order chi connectivity index (χ0) is 18.9. The summed E-state index contributed by atoms with van der Waals surface area (Å²) < 4.78 is 27.6. The molecule has 0 N–H and O–H groups in total. The van der Waals surface area contributed by atoms with Crippen molar-refractivity contribution in [2.24, 2.45) is 0 Å². The second-order valence-corrected chi connectivity index (χ2v) is 7.72. The third kappa shape index (κ3) is 3.01. The van der Waals surface area contributed by atoms with Crippen LogP contribution in [0.5, 0.6) is 0 Å². The van der Waals surface area contributed by atoms with Crippen molar-refractivity contribution in [3.63, 3.8) is 0 Å². The Morgan fingerprint density at radius 2 is 1.69 bits per heavy atom. The second kappa shape index (κ2) is 6.76. The van der Waals surface area contributed by atoms with E-state index in [0.29, 0.717) is 11.3 Å². The van der Waals surface area contributed by atoms with E-state index >= 15 is 0 Å². The lowest BCUT2D eigenvalue weighted by Gasteiger charge is -2.24. The van der Waals surface area contributed by atoms with E-state index in [-0.39, 0.29) is 17.1 Å². The predicted octanol–water partition coefficient (Wildman–Crippen LogP) is 4.27. The number of nitro benzene ring substituents is 1. The minimum atomic E-state index is -3.85. The van der Waals surface area contributed by atoms with Gasteiger partial charge in [-0.3, -0.25) is 14.4 Å². The van der Waals surface area contributed by atoms with E-state index in [2.05, 4.69) is 0 Å². The zero-order valence-corrected chi connectivity index (χ0v) is 15.2. The monoisotopic (exact) mass is 370 g/mol. The highest BCUT2D eigenvalue weighted by molar-refractivity contribution is 7.92.